The Labute approximate surface area is 64.4 Å². The van der Waals surface area contributed by atoms with Gasteiger partial charge in [-0.3, -0.25) is 0 Å². The molecule has 2 N–H and O–H groups in total. The predicted molar refractivity (Wildman–Crippen MR) is 39.8 cm³/mol. The molecule has 0 bridgehead atoms. The summed E-state index contributed by atoms with van der Waals surface area (Å²) in [4.78, 5) is 8.08. The van der Waals surface area contributed by atoms with Crippen molar-refractivity contribution in [1.29, 1.82) is 0 Å². The Morgan fingerprint density at radius 2 is 2.45 bits per heavy atom. The molecule has 58 valence electrons. The van der Waals surface area contributed by atoms with Crippen molar-refractivity contribution in [3.8, 4) is 0 Å². The first-order valence-corrected chi connectivity index (χ1v) is 3.56. The van der Waals surface area contributed by atoms with Crippen LogP contribution < -0.4 is 5.73 Å². The van der Waals surface area contributed by atoms with E-state index < -0.39 is 0 Å². The summed E-state index contributed by atoms with van der Waals surface area (Å²) in [5.74, 6) is 1.21. The van der Waals surface area contributed by atoms with Crippen LogP contribution in [-0.4, -0.2) is 16.6 Å². The van der Waals surface area contributed by atoms with Crippen molar-refractivity contribution in [3.63, 3.8) is 0 Å². The number of anilines is 1. The van der Waals surface area contributed by atoms with Gasteiger partial charge in [-0.2, -0.15) is 0 Å². The minimum Gasteiger partial charge on any atom is -0.384 e. The second-order valence-electron chi connectivity index (χ2n) is 2.49. The van der Waals surface area contributed by atoms with Gasteiger partial charge in [-0.15, -0.1) is 0 Å². The first-order chi connectivity index (χ1) is 5.36. The van der Waals surface area contributed by atoms with E-state index in [-0.39, 0.29) is 6.10 Å². The maximum absolute atomic E-state index is 5.47. The average Bonchev–Trinajstić information content (AvgIpc) is 1.83. The van der Waals surface area contributed by atoms with Crippen molar-refractivity contribution in [1.82, 2.24) is 9.97 Å². The highest BCUT2D eigenvalue weighted by Gasteiger charge is 2.22. The number of hydrogen-bond acceptors (Lipinski definition) is 4. The SMILES string of the molecule is Nc1ccnc(C2CCO2)n1. The summed E-state index contributed by atoms with van der Waals surface area (Å²) >= 11 is 0. The second-order valence-corrected chi connectivity index (χ2v) is 2.49. The van der Waals surface area contributed by atoms with Crippen molar-refractivity contribution in [2.45, 2.75) is 12.5 Å². The van der Waals surface area contributed by atoms with E-state index in [0.29, 0.717) is 11.6 Å². The van der Waals surface area contributed by atoms with Gasteiger partial charge in [-0.25, -0.2) is 9.97 Å². The van der Waals surface area contributed by atoms with Gasteiger partial charge in [0.25, 0.3) is 0 Å². The minimum absolute atomic E-state index is 0.0819. The molecule has 1 atom stereocenters. The third-order valence-electron chi connectivity index (χ3n) is 1.68. The molecule has 1 aliphatic rings. The van der Waals surface area contributed by atoms with Crippen molar-refractivity contribution < 1.29 is 4.74 Å². The molecule has 0 aliphatic carbocycles. The average molecular weight is 151 g/mol. The molecule has 0 radical (unpaired) electrons. The number of aromatic nitrogens is 2. The Morgan fingerprint density at radius 3 is 3.00 bits per heavy atom. The van der Waals surface area contributed by atoms with E-state index >= 15 is 0 Å². The van der Waals surface area contributed by atoms with Crippen LogP contribution in [0.4, 0.5) is 5.82 Å². The molecule has 1 aliphatic heterocycles. The lowest BCUT2D eigenvalue weighted by atomic mass is 10.2. The molecule has 4 nitrogen and oxygen atoms in total. The molecule has 0 amide bonds. The normalized spacial score (nSPS) is 22.7. The van der Waals surface area contributed by atoms with Crippen LogP contribution in [-0.2, 0) is 4.74 Å². The molecular weight excluding hydrogens is 142 g/mol. The van der Waals surface area contributed by atoms with Crippen molar-refractivity contribution >= 4 is 5.82 Å². The third-order valence-corrected chi connectivity index (χ3v) is 1.68. The van der Waals surface area contributed by atoms with Gasteiger partial charge in [0.05, 0.1) is 6.61 Å². The van der Waals surface area contributed by atoms with Gasteiger partial charge in [0, 0.05) is 12.6 Å². The van der Waals surface area contributed by atoms with Gasteiger partial charge in [-0.05, 0) is 6.07 Å². The number of ether oxygens (including phenoxy) is 1. The summed E-state index contributed by atoms with van der Waals surface area (Å²) in [6, 6.07) is 1.67. The van der Waals surface area contributed by atoms with Crippen LogP contribution in [0.2, 0.25) is 0 Å². The second kappa shape index (κ2) is 2.47. The number of hydrogen-bond donors (Lipinski definition) is 1. The Balaban J connectivity index is 2.23. The maximum Gasteiger partial charge on any atom is 0.159 e. The van der Waals surface area contributed by atoms with Gasteiger partial charge in [-0.1, -0.05) is 0 Å². The standard InChI is InChI=1S/C7H9N3O/c8-6-1-3-9-7(10-6)5-2-4-11-5/h1,3,5H,2,4H2,(H2,8,9,10). The number of nitrogens with two attached hydrogens (primary N) is 1. The largest absolute Gasteiger partial charge is 0.384 e. The van der Waals surface area contributed by atoms with E-state index in [1.54, 1.807) is 12.3 Å². The number of nitrogen functional groups attached to an aromatic ring is 1. The summed E-state index contributed by atoms with van der Waals surface area (Å²) in [6.07, 6.45) is 2.74. The first-order valence-electron chi connectivity index (χ1n) is 3.56. The lowest BCUT2D eigenvalue weighted by Crippen LogP contribution is -2.20. The number of nitrogens with zero attached hydrogens (tertiary/aromatic N) is 2. The summed E-state index contributed by atoms with van der Waals surface area (Å²) in [5.41, 5.74) is 5.47. The highest BCUT2D eigenvalue weighted by molar-refractivity contribution is 5.25. The van der Waals surface area contributed by atoms with Crippen LogP contribution >= 0.6 is 0 Å². The summed E-state index contributed by atoms with van der Waals surface area (Å²) in [5, 5.41) is 0. The molecule has 1 aromatic rings. The molecular formula is C7H9N3O. The van der Waals surface area contributed by atoms with Gasteiger partial charge in [0.1, 0.15) is 11.9 Å². The molecule has 1 fully saturated rings. The minimum atomic E-state index is 0.0819. The highest BCUT2D eigenvalue weighted by Crippen LogP contribution is 2.26. The molecule has 2 heterocycles. The molecule has 0 aromatic carbocycles. The van der Waals surface area contributed by atoms with Gasteiger partial charge >= 0.3 is 0 Å². The quantitative estimate of drug-likeness (QED) is 0.635. The van der Waals surface area contributed by atoms with Crippen LogP contribution in [0.25, 0.3) is 0 Å². The van der Waals surface area contributed by atoms with E-state index in [0.717, 1.165) is 13.0 Å². The van der Waals surface area contributed by atoms with E-state index in [4.69, 9.17) is 10.5 Å². The molecule has 4 heteroatoms. The first kappa shape index (κ1) is 6.54. The van der Waals surface area contributed by atoms with Crippen LogP contribution in [0.15, 0.2) is 12.3 Å². The Kier molecular flexibility index (Phi) is 1.47. The van der Waals surface area contributed by atoms with E-state index in [1.807, 2.05) is 0 Å². The molecule has 0 saturated carbocycles. The van der Waals surface area contributed by atoms with Crippen LogP contribution in [0.3, 0.4) is 0 Å². The van der Waals surface area contributed by atoms with E-state index in [9.17, 15) is 0 Å². The zero-order valence-corrected chi connectivity index (χ0v) is 6.03. The lowest BCUT2D eigenvalue weighted by molar-refractivity contribution is -0.0579. The van der Waals surface area contributed by atoms with E-state index in [1.165, 1.54) is 0 Å². The fraction of sp³-hybridized carbons (Fsp3) is 0.429. The summed E-state index contributed by atoms with van der Waals surface area (Å²) in [7, 11) is 0. The molecule has 0 spiro atoms. The van der Waals surface area contributed by atoms with Gasteiger partial charge in [0.15, 0.2) is 5.82 Å². The molecule has 11 heavy (non-hydrogen) atoms. The van der Waals surface area contributed by atoms with Crippen molar-refractivity contribution in [2.24, 2.45) is 0 Å². The zero-order chi connectivity index (χ0) is 7.68. The maximum atomic E-state index is 5.47. The summed E-state index contributed by atoms with van der Waals surface area (Å²) < 4.78 is 5.19. The third kappa shape index (κ3) is 1.17. The molecule has 1 unspecified atom stereocenters. The smallest absolute Gasteiger partial charge is 0.159 e. The molecule has 1 aromatic heterocycles. The fourth-order valence-corrected chi connectivity index (χ4v) is 0.983. The zero-order valence-electron chi connectivity index (χ0n) is 6.03. The summed E-state index contributed by atoms with van der Waals surface area (Å²) in [6.45, 7) is 0.808. The van der Waals surface area contributed by atoms with Gasteiger partial charge < -0.3 is 10.5 Å². The van der Waals surface area contributed by atoms with Gasteiger partial charge in [0.2, 0.25) is 0 Å². The number of rotatable bonds is 1. The topological polar surface area (TPSA) is 61.0 Å². The van der Waals surface area contributed by atoms with Crippen LogP contribution in [0.1, 0.15) is 18.3 Å². The molecule has 2 rings (SSSR count). The van der Waals surface area contributed by atoms with E-state index in [2.05, 4.69) is 9.97 Å². The van der Waals surface area contributed by atoms with Crippen molar-refractivity contribution in [2.75, 3.05) is 12.3 Å². The monoisotopic (exact) mass is 151 g/mol. The fourth-order valence-electron chi connectivity index (χ4n) is 0.983. The Bertz CT molecular complexity index is 260. The lowest BCUT2D eigenvalue weighted by Gasteiger charge is -2.24. The Hall–Kier alpha value is -1.16. The van der Waals surface area contributed by atoms with Crippen LogP contribution in [0.5, 0.6) is 0 Å². The van der Waals surface area contributed by atoms with Crippen LogP contribution in [0, 0.1) is 0 Å². The predicted octanol–water partition coefficient (Wildman–Crippen LogP) is 0.520. The highest BCUT2D eigenvalue weighted by atomic mass is 16.5. The van der Waals surface area contributed by atoms with Crippen molar-refractivity contribution in [3.05, 3.63) is 18.1 Å². The molecule has 1 saturated heterocycles. The Morgan fingerprint density at radius 1 is 1.64 bits per heavy atom.